The maximum Gasteiger partial charge on any atom is 0.317 e. The highest BCUT2D eigenvalue weighted by Crippen LogP contribution is 2.61. The molecule has 2 aromatic carbocycles. The molecule has 1 saturated heterocycles. The van der Waals surface area contributed by atoms with Crippen molar-refractivity contribution in [2.24, 2.45) is 29.1 Å². The van der Waals surface area contributed by atoms with E-state index in [1.165, 1.54) is 6.42 Å². The van der Waals surface area contributed by atoms with Gasteiger partial charge in [0.25, 0.3) is 5.91 Å². The van der Waals surface area contributed by atoms with Gasteiger partial charge in [0, 0.05) is 61.5 Å². The Kier molecular flexibility index (Phi) is 12.2. The van der Waals surface area contributed by atoms with Crippen LogP contribution in [0, 0.1) is 29.1 Å². The highest BCUT2D eigenvalue weighted by molar-refractivity contribution is 5.97. The van der Waals surface area contributed by atoms with Gasteiger partial charge in [0.05, 0.1) is 32.9 Å². The smallest absolute Gasteiger partial charge is 0.317 e. The molecule has 1 aliphatic heterocycles. The fourth-order valence-corrected chi connectivity index (χ4v) is 8.76. The summed E-state index contributed by atoms with van der Waals surface area (Å²) in [7, 11) is 7.03. The molecule has 1 heterocycles. The van der Waals surface area contributed by atoms with Crippen molar-refractivity contribution in [2.75, 3.05) is 59.4 Å². The number of aliphatic hydroxyl groups excluding tert-OH is 2. The minimum absolute atomic E-state index is 0.0211. The van der Waals surface area contributed by atoms with E-state index in [9.17, 15) is 24.6 Å². The number of anilines is 1. The van der Waals surface area contributed by atoms with Crippen LogP contribution in [0.1, 0.15) is 56.5 Å². The molecule has 8 atom stereocenters. The van der Waals surface area contributed by atoms with Gasteiger partial charge in [-0.1, -0.05) is 39.0 Å². The number of carboxylic acids is 1. The molecule has 2 amide bonds. The summed E-state index contributed by atoms with van der Waals surface area (Å²) >= 11 is 0. The molecule has 13 nitrogen and oxygen atoms in total. The van der Waals surface area contributed by atoms with Crippen molar-refractivity contribution in [3.63, 3.8) is 0 Å². The zero-order valence-electron chi connectivity index (χ0n) is 31.8. The number of ether oxygens (including phenoxy) is 1. The Morgan fingerprint density at radius 1 is 1.13 bits per heavy atom. The van der Waals surface area contributed by atoms with E-state index in [0.717, 1.165) is 28.8 Å². The zero-order valence-corrected chi connectivity index (χ0v) is 31.8. The normalized spacial score (nSPS) is 27.1. The van der Waals surface area contributed by atoms with E-state index < -0.39 is 30.1 Å². The van der Waals surface area contributed by atoms with Crippen molar-refractivity contribution >= 4 is 23.5 Å². The summed E-state index contributed by atoms with van der Waals surface area (Å²) in [5, 5.41) is 38.0. The van der Waals surface area contributed by atoms with Crippen molar-refractivity contribution in [1.82, 2.24) is 20.6 Å². The Morgan fingerprint density at radius 2 is 1.87 bits per heavy atom. The average Bonchev–Trinajstić information content (AvgIpc) is 3.46. The summed E-state index contributed by atoms with van der Waals surface area (Å²) in [6, 6.07) is 10.4. The van der Waals surface area contributed by atoms with E-state index in [-0.39, 0.29) is 49.5 Å². The van der Waals surface area contributed by atoms with Crippen LogP contribution in [0.15, 0.2) is 36.4 Å². The van der Waals surface area contributed by atoms with Crippen molar-refractivity contribution in [2.45, 2.75) is 71.4 Å². The van der Waals surface area contributed by atoms with Gasteiger partial charge in [-0.3, -0.25) is 24.1 Å². The summed E-state index contributed by atoms with van der Waals surface area (Å²) in [5.74, 6) is -0.167. The summed E-state index contributed by atoms with van der Waals surface area (Å²) < 4.78 is 6.01. The number of carbonyl (C=O) groups is 3. The molecule has 286 valence electrons. The summed E-state index contributed by atoms with van der Waals surface area (Å²) in [4.78, 5) is 48.3. The number of hydrogen-bond acceptors (Lipinski definition) is 10. The SMILES string of the molecule is COc1c(CN2O[C@@H](CO)[C@@H]([C@H](C)O)[C@H]2C(=O)N[C@H]2C[C@H]3C[C@H]([C@@H]2C)C3(C)C)cccc1-c1cc(C(=O)NCCN(C)CC(=O)O)cc(N(C)C)c1. The lowest BCUT2D eigenvalue weighted by atomic mass is 9.45. The van der Waals surface area contributed by atoms with Gasteiger partial charge in [0.15, 0.2) is 0 Å². The Bertz CT molecular complexity index is 1610. The molecule has 3 saturated carbocycles. The molecule has 4 fully saturated rings. The molecule has 0 spiro atoms. The first-order valence-corrected chi connectivity index (χ1v) is 18.3. The van der Waals surface area contributed by atoms with E-state index in [0.29, 0.717) is 35.6 Å². The number of nitrogens with zero attached hydrogens (tertiary/aromatic N) is 3. The van der Waals surface area contributed by atoms with E-state index in [2.05, 4.69) is 31.4 Å². The lowest BCUT2D eigenvalue weighted by molar-refractivity contribution is -0.183. The summed E-state index contributed by atoms with van der Waals surface area (Å²) in [6.45, 7) is 8.79. The number of amides is 2. The molecule has 6 rings (SSSR count). The quantitative estimate of drug-likeness (QED) is 0.184. The minimum atomic E-state index is -0.936. The third-order valence-electron chi connectivity index (χ3n) is 11.9. The topological polar surface area (TPSA) is 164 Å². The Labute approximate surface area is 307 Å². The maximum absolute atomic E-state index is 14.2. The highest BCUT2D eigenvalue weighted by atomic mass is 16.7. The first kappa shape index (κ1) is 39.5. The maximum atomic E-state index is 14.2. The number of aliphatic hydroxyl groups is 2. The molecule has 0 radical (unpaired) electrons. The monoisotopic (exact) mass is 723 g/mol. The van der Waals surface area contributed by atoms with Crippen LogP contribution in [-0.4, -0.2) is 122 Å². The third kappa shape index (κ3) is 8.08. The van der Waals surface area contributed by atoms with E-state index >= 15 is 0 Å². The van der Waals surface area contributed by atoms with Crippen LogP contribution in [-0.2, 0) is 21.0 Å². The van der Waals surface area contributed by atoms with Gasteiger partial charge in [-0.05, 0) is 73.7 Å². The number of likely N-dealkylation sites (N-methyl/N-ethyl adjacent to an activating group) is 1. The molecule has 13 heteroatoms. The van der Waals surface area contributed by atoms with Crippen LogP contribution in [0.2, 0.25) is 0 Å². The van der Waals surface area contributed by atoms with Crippen molar-refractivity contribution < 1.29 is 39.3 Å². The Morgan fingerprint density at radius 3 is 2.46 bits per heavy atom. The molecule has 4 aliphatic rings. The Balaban J connectivity index is 1.41. The van der Waals surface area contributed by atoms with Gasteiger partial charge >= 0.3 is 5.97 Å². The summed E-state index contributed by atoms with van der Waals surface area (Å²) in [5.41, 5.74) is 3.67. The highest BCUT2D eigenvalue weighted by Gasteiger charge is 2.57. The standard InChI is InChI=1S/C39H57N5O8/c1-22-30-17-27(39(30,3)4)18-31(22)41-38(50)35-34(23(2)46)32(21-45)52-44(35)19-24-10-9-11-29(36(24)51-8)25-14-26(16-28(15-25)42(5)6)37(49)40-12-13-43(7)20-33(47)48/h9-11,14-16,22-23,27,30-32,34-35,45-46H,12-13,17-21H2,1-8H3,(H,40,49)(H,41,50)(H,47,48)/t22-,23-,27+,30+,31-,32-,34+,35-/m0/s1. The molecular weight excluding hydrogens is 666 g/mol. The van der Waals surface area contributed by atoms with Gasteiger partial charge in [0.2, 0.25) is 5.91 Å². The van der Waals surface area contributed by atoms with Gasteiger partial charge in [-0.25, -0.2) is 0 Å². The zero-order chi connectivity index (χ0) is 38.1. The van der Waals surface area contributed by atoms with Crippen molar-refractivity contribution in [3.05, 3.63) is 47.5 Å². The third-order valence-corrected chi connectivity index (χ3v) is 11.9. The van der Waals surface area contributed by atoms with E-state index in [1.807, 2.05) is 43.3 Å². The number of benzene rings is 2. The van der Waals surface area contributed by atoms with Crippen molar-refractivity contribution in [1.29, 1.82) is 0 Å². The van der Waals surface area contributed by atoms with Crippen LogP contribution in [0.25, 0.3) is 11.1 Å². The van der Waals surface area contributed by atoms with Crippen LogP contribution in [0.5, 0.6) is 5.75 Å². The number of fused-ring (bicyclic) bond motifs is 2. The van der Waals surface area contributed by atoms with Crippen molar-refractivity contribution in [3.8, 4) is 16.9 Å². The number of para-hydroxylation sites is 1. The summed E-state index contributed by atoms with van der Waals surface area (Å²) in [6.07, 6.45) is 0.408. The molecule has 52 heavy (non-hydrogen) atoms. The number of hydroxylamine groups is 2. The molecule has 3 aliphatic carbocycles. The molecular formula is C39H57N5O8. The van der Waals surface area contributed by atoms with Crippen LogP contribution >= 0.6 is 0 Å². The molecule has 0 unspecified atom stereocenters. The fourth-order valence-electron chi connectivity index (χ4n) is 8.76. The minimum Gasteiger partial charge on any atom is -0.496 e. The van der Waals surface area contributed by atoms with Gasteiger partial charge < -0.3 is 35.6 Å². The molecule has 2 bridgehead atoms. The largest absolute Gasteiger partial charge is 0.496 e. The van der Waals surface area contributed by atoms with Crippen LogP contribution in [0.3, 0.4) is 0 Å². The number of methoxy groups -OCH3 is 1. The van der Waals surface area contributed by atoms with E-state index in [1.54, 1.807) is 43.2 Å². The lowest BCUT2D eigenvalue weighted by Crippen LogP contribution is -2.62. The number of carbonyl (C=O) groups excluding carboxylic acids is 2. The molecule has 0 aromatic heterocycles. The number of aliphatic carboxylic acids is 1. The lowest BCUT2D eigenvalue weighted by Gasteiger charge is -2.62. The average molecular weight is 724 g/mol. The number of hydrogen-bond donors (Lipinski definition) is 5. The van der Waals surface area contributed by atoms with Crippen LogP contribution < -0.4 is 20.3 Å². The number of rotatable bonds is 15. The molecule has 5 N–H and O–H groups in total. The Hall–Kier alpha value is -3.75. The number of nitrogens with one attached hydrogen (secondary N) is 2. The second-order valence-electron chi connectivity index (χ2n) is 15.8. The second-order valence-corrected chi connectivity index (χ2v) is 15.8. The van der Waals surface area contributed by atoms with Gasteiger partial charge in [-0.15, -0.1) is 0 Å². The predicted molar refractivity (Wildman–Crippen MR) is 198 cm³/mol. The first-order valence-electron chi connectivity index (χ1n) is 18.3. The van der Waals surface area contributed by atoms with Crippen LogP contribution in [0.4, 0.5) is 5.69 Å². The second kappa shape index (κ2) is 16.1. The fraction of sp³-hybridized carbons (Fsp3) is 0.615. The predicted octanol–water partition coefficient (Wildman–Crippen LogP) is 2.84. The molecule has 2 aromatic rings. The number of carboxylic acid groups (broad SMARTS) is 1. The van der Waals surface area contributed by atoms with E-state index in [4.69, 9.17) is 14.7 Å². The van der Waals surface area contributed by atoms with Gasteiger partial charge in [0.1, 0.15) is 17.9 Å². The first-order chi connectivity index (χ1) is 24.6. The van der Waals surface area contributed by atoms with Gasteiger partial charge in [-0.2, -0.15) is 5.06 Å².